The second-order valence-electron chi connectivity index (χ2n) is 4.02. The van der Waals surface area contributed by atoms with Crippen molar-refractivity contribution in [1.82, 2.24) is 5.32 Å². The lowest BCUT2D eigenvalue weighted by Crippen LogP contribution is -2.23. The fourth-order valence-electron chi connectivity index (χ4n) is 1.68. The summed E-state index contributed by atoms with van der Waals surface area (Å²) < 4.78 is 0.951. The SMILES string of the molecule is NNc1ccc([N+](=O)[O-])c(C(=O)NCc2ccc(Br)s2)c1. The molecule has 110 valence electrons. The normalized spacial score (nSPS) is 10.2. The van der Waals surface area contributed by atoms with Gasteiger partial charge in [-0.15, -0.1) is 11.3 Å². The molecule has 0 atom stereocenters. The number of nitrogens with zero attached hydrogens (tertiary/aromatic N) is 1. The Bertz CT molecular complexity index is 689. The third-order valence-corrected chi connectivity index (χ3v) is 4.28. The first-order valence-electron chi connectivity index (χ1n) is 5.78. The number of nitro benzene ring substituents is 1. The van der Waals surface area contributed by atoms with Crippen LogP contribution in [0.1, 0.15) is 15.2 Å². The highest BCUT2D eigenvalue weighted by atomic mass is 79.9. The number of nitrogens with one attached hydrogen (secondary N) is 2. The van der Waals surface area contributed by atoms with E-state index >= 15 is 0 Å². The summed E-state index contributed by atoms with van der Waals surface area (Å²) in [6, 6.07) is 7.75. The van der Waals surface area contributed by atoms with Crippen molar-refractivity contribution >= 4 is 44.5 Å². The lowest BCUT2D eigenvalue weighted by atomic mass is 10.1. The molecule has 0 aliphatic rings. The van der Waals surface area contributed by atoms with Gasteiger partial charge in [-0.1, -0.05) is 0 Å². The van der Waals surface area contributed by atoms with E-state index < -0.39 is 10.8 Å². The minimum atomic E-state index is -0.600. The zero-order chi connectivity index (χ0) is 15.4. The topological polar surface area (TPSA) is 110 Å². The number of benzene rings is 1. The van der Waals surface area contributed by atoms with Gasteiger partial charge in [-0.25, -0.2) is 0 Å². The van der Waals surface area contributed by atoms with Gasteiger partial charge in [0.2, 0.25) is 0 Å². The van der Waals surface area contributed by atoms with E-state index in [4.69, 9.17) is 5.84 Å². The van der Waals surface area contributed by atoms with Crippen molar-refractivity contribution < 1.29 is 9.72 Å². The number of nitrogens with two attached hydrogens (primary N) is 1. The van der Waals surface area contributed by atoms with E-state index in [2.05, 4.69) is 26.7 Å². The molecular weight excluding hydrogens is 360 g/mol. The number of halogens is 1. The number of hydrazine groups is 1. The second kappa shape index (κ2) is 6.66. The minimum Gasteiger partial charge on any atom is -0.347 e. The van der Waals surface area contributed by atoms with Crippen molar-refractivity contribution in [3.05, 3.63) is 54.7 Å². The summed E-state index contributed by atoms with van der Waals surface area (Å²) in [5.41, 5.74) is 2.48. The smallest absolute Gasteiger partial charge is 0.282 e. The zero-order valence-electron chi connectivity index (χ0n) is 10.6. The summed E-state index contributed by atoms with van der Waals surface area (Å²) >= 11 is 4.81. The van der Waals surface area contributed by atoms with Gasteiger partial charge in [0, 0.05) is 16.6 Å². The largest absolute Gasteiger partial charge is 0.347 e. The number of carbonyl (C=O) groups is 1. The van der Waals surface area contributed by atoms with Crippen LogP contribution in [0.2, 0.25) is 0 Å². The number of thiophene rings is 1. The Kier molecular flexibility index (Phi) is 4.89. The van der Waals surface area contributed by atoms with E-state index in [1.165, 1.54) is 29.5 Å². The molecule has 0 spiro atoms. The van der Waals surface area contributed by atoms with Gasteiger partial charge in [0.05, 0.1) is 15.3 Å². The number of amides is 1. The maximum Gasteiger partial charge on any atom is 0.282 e. The summed E-state index contributed by atoms with van der Waals surface area (Å²) in [5, 5.41) is 13.6. The molecule has 2 rings (SSSR count). The summed E-state index contributed by atoms with van der Waals surface area (Å²) in [6.45, 7) is 0.298. The van der Waals surface area contributed by atoms with Gasteiger partial charge in [0.25, 0.3) is 11.6 Å². The average Bonchev–Trinajstić information content (AvgIpc) is 2.89. The number of nitro groups is 1. The monoisotopic (exact) mass is 370 g/mol. The fourth-order valence-corrected chi connectivity index (χ4v) is 3.10. The van der Waals surface area contributed by atoms with Crippen LogP contribution in [-0.4, -0.2) is 10.8 Å². The molecule has 0 aliphatic heterocycles. The van der Waals surface area contributed by atoms with E-state index in [-0.39, 0.29) is 11.3 Å². The van der Waals surface area contributed by atoms with Gasteiger partial charge in [-0.2, -0.15) is 0 Å². The van der Waals surface area contributed by atoms with Crippen LogP contribution in [0.15, 0.2) is 34.1 Å². The third kappa shape index (κ3) is 3.78. The molecule has 0 bridgehead atoms. The van der Waals surface area contributed by atoms with Crippen LogP contribution in [-0.2, 0) is 6.54 Å². The molecule has 9 heteroatoms. The molecule has 0 aliphatic carbocycles. The number of anilines is 1. The molecule has 2 aromatic rings. The molecule has 0 fully saturated rings. The number of rotatable bonds is 5. The molecule has 21 heavy (non-hydrogen) atoms. The van der Waals surface area contributed by atoms with Crippen molar-refractivity contribution in [2.24, 2.45) is 5.84 Å². The predicted molar refractivity (Wildman–Crippen MR) is 84.1 cm³/mol. The Morgan fingerprint density at radius 2 is 2.14 bits per heavy atom. The molecule has 4 N–H and O–H groups in total. The van der Waals surface area contributed by atoms with Crippen LogP contribution in [0.25, 0.3) is 0 Å². The Morgan fingerprint density at radius 1 is 1.38 bits per heavy atom. The lowest BCUT2D eigenvalue weighted by Gasteiger charge is -2.07. The second-order valence-corrected chi connectivity index (χ2v) is 6.57. The van der Waals surface area contributed by atoms with Crippen LogP contribution in [0, 0.1) is 10.1 Å². The molecule has 0 unspecified atom stereocenters. The van der Waals surface area contributed by atoms with Crippen molar-refractivity contribution in [1.29, 1.82) is 0 Å². The highest BCUT2D eigenvalue weighted by Gasteiger charge is 2.20. The van der Waals surface area contributed by atoms with E-state index in [0.717, 1.165) is 8.66 Å². The first-order chi connectivity index (χ1) is 10.0. The molecule has 1 amide bonds. The Morgan fingerprint density at radius 3 is 2.71 bits per heavy atom. The minimum absolute atomic E-state index is 0.0360. The number of carbonyl (C=O) groups excluding carboxylic acids is 1. The summed E-state index contributed by atoms with van der Waals surface area (Å²) in [7, 11) is 0. The summed E-state index contributed by atoms with van der Waals surface area (Å²) in [5.74, 6) is 4.73. The van der Waals surface area contributed by atoms with Crippen molar-refractivity contribution in [2.45, 2.75) is 6.54 Å². The molecule has 0 saturated carbocycles. The predicted octanol–water partition coefficient (Wildman–Crippen LogP) is 2.63. The van der Waals surface area contributed by atoms with Crippen LogP contribution < -0.4 is 16.6 Å². The Hall–Kier alpha value is -1.97. The van der Waals surface area contributed by atoms with E-state index in [1.807, 2.05) is 12.1 Å². The van der Waals surface area contributed by atoms with Gasteiger partial charge in [-0.05, 0) is 40.2 Å². The van der Waals surface area contributed by atoms with Gasteiger partial charge in [0.15, 0.2) is 0 Å². The highest BCUT2D eigenvalue weighted by Crippen LogP contribution is 2.24. The van der Waals surface area contributed by atoms with Gasteiger partial charge in [0.1, 0.15) is 5.56 Å². The first kappa shape index (κ1) is 15.4. The molecule has 1 heterocycles. The van der Waals surface area contributed by atoms with E-state index in [1.54, 1.807) is 0 Å². The fraction of sp³-hybridized carbons (Fsp3) is 0.0833. The van der Waals surface area contributed by atoms with Gasteiger partial charge >= 0.3 is 0 Å². The van der Waals surface area contributed by atoms with Crippen molar-refractivity contribution in [3.63, 3.8) is 0 Å². The van der Waals surface area contributed by atoms with Gasteiger partial charge < -0.3 is 10.7 Å². The molecule has 7 nitrogen and oxygen atoms in total. The number of hydrogen-bond donors (Lipinski definition) is 3. The first-order valence-corrected chi connectivity index (χ1v) is 7.39. The molecule has 1 aromatic heterocycles. The van der Waals surface area contributed by atoms with Crippen LogP contribution >= 0.6 is 27.3 Å². The Labute approximate surface area is 132 Å². The molecule has 1 aromatic carbocycles. The van der Waals surface area contributed by atoms with E-state index in [9.17, 15) is 14.9 Å². The van der Waals surface area contributed by atoms with E-state index in [0.29, 0.717) is 12.2 Å². The van der Waals surface area contributed by atoms with Crippen LogP contribution in [0.3, 0.4) is 0 Å². The van der Waals surface area contributed by atoms with Gasteiger partial charge in [-0.3, -0.25) is 20.8 Å². The number of hydrogen-bond acceptors (Lipinski definition) is 6. The standard InChI is InChI=1S/C12H11BrN4O3S/c13-11-4-2-8(21-11)6-15-12(18)9-5-7(16-14)1-3-10(9)17(19)20/h1-5,16H,6,14H2,(H,15,18). The molecule has 0 radical (unpaired) electrons. The van der Waals surface area contributed by atoms with Crippen molar-refractivity contribution in [3.8, 4) is 0 Å². The van der Waals surface area contributed by atoms with Crippen molar-refractivity contribution in [2.75, 3.05) is 5.43 Å². The average molecular weight is 371 g/mol. The summed E-state index contributed by atoms with van der Waals surface area (Å²) in [6.07, 6.45) is 0. The maximum atomic E-state index is 12.1. The highest BCUT2D eigenvalue weighted by molar-refractivity contribution is 9.11. The third-order valence-electron chi connectivity index (χ3n) is 2.66. The molecular formula is C12H11BrN4O3S. The zero-order valence-corrected chi connectivity index (χ0v) is 13.0. The summed E-state index contributed by atoms with van der Waals surface area (Å²) in [4.78, 5) is 23.4. The maximum absolute atomic E-state index is 12.1. The van der Waals surface area contributed by atoms with Crippen LogP contribution in [0.4, 0.5) is 11.4 Å². The molecule has 0 saturated heterocycles. The number of nitrogen functional groups attached to an aromatic ring is 1. The Balaban J connectivity index is 2.19. The quantitative estimate of drug-likeness (QED) is 0.425. The van der Waals surface area contributed by atoms with Crippen LogP contribution in [0.5, 0.6) is 0 Å². The lowest BCUT2D eigenvalue weighted by molar-refractivity contribution is -0.385.